The summed E-state index contributed by atoms with van der Waals surface area (Å²) in [7, 11) is 1.36. The fourth-order valence-corrected chi connectivity index (χ4v) is 3.01. The molecule has 1 aromatic heterocycles. The van der Waals surface area contributed by atoms with E-state index in [1.807, 2.05) is 0 Å². The number of benzene rings is 1. The van der Waals surface area contributed by atoms with Crippen LogP contribution in [-0.2, 0) is 4.79 Å². The Bertz CT molecular complexity index is 914. The molecule has 0 unspecified atom stereocenters. The number of anilines is 3. The number of nitrogens with zero attached hydrogens (tertiary/aromatic N) is 2. The van der Waals surface area contributed by atoms with E-state index in [1.165, 1.54) is 31.5 Å². The second-order valence-electron chi connectivity index (χ2n) is 6.70. The quantitative estimate of drug-likeness (QED) is 0.845. The molecule has 1 aromatic carbocycles. The smallest absolute Gasteiger partial charge is 0.257 e. The lowest BCUT2D eigenvalue weighted by atomic mass is 10.1. The zero-order chi connectivity index (χ0) is 19.0. The van der Waals surface area contributed by atoms with Crippen LogP contribution in [0.3, 0.4) is 0 Å². The van der Waals surface area contributed by atoms with Crippen LogP contribution in [0.2, 0.25) is 0 Å². The normalized spacial score (nSPS) is 15.8. The Kier molecular flexibility index (Phi) is 4.39. The van der Waals surface area contributed by atoms with Crippen molar-refractivity contribution < 1.29 is 18.7 Å². The SMILES string of the molecule is COc1cc(NC(=O)c2cnc3c(c2)N(CC2CC2)C(=O)CN3)ccc1F. The average molecular weight is 370 g/mol. The van der Waals surface area contributed by atoms with E-state index in [-0.39, 0.29) is 18.2 Å². The Morgan fingerprint density at radius 2 is 2.22 bits per heavy atom. The van der Waals surface area contributed by atoms with Gasteiger partial charge in [0.15, 0.2) is 11.6 Å². The van der Waals surface area contributed by atoms with Crippen molar-refractivity contribution in [2.24, 2.45) is 5.92 Å². The first-order valence-electron chi connectivity index (χ1n) is 8.74. The predicted octanol–water partition coefficient (Wildman–Crippen LogP) is 2.65. The van der Waals surface area contributed by atoms with Gasteiger partial charge in [0.2, 0.25) is 5.91 Å². The maximum absolute atomic E-state index is 13.5. The summed E-state index contributed by atoms with van der Waals surface area (Å²) in [6, 6.07) is 5.74. The van der Waals surface area contributed by atoms with Crippen LogP contribution in [-0.4, -0.2) is 37.0 Å². The van der Waals surface area contributed by atoms with Gasteiger partial charge < -0.3 is 20.3 Å². The number of carbonyl (C=O) groups excluding carboxylic acids is 2. The highest BCUT2D eigenvalue weighted by atomic mass is 19.1. The number of hydrogen-bond donors (Lipinski definition) is 2. The van der Waals surface area contributed by atoms with E-state index in [4.69, 9.17) is 4.74 Å². The van der Waals surface area contributed by atoms with Gasteiger partial charge in [-0.25, -0.2) is 9.37 Å². The molecule has 0 saturated heterocycles. The maximum Gasteiger partial charge on any atom is 0.257 e. The topological polar surface area (TPSA) is 83.6 Å². The Morgan fingerprint density at radius 3 is 2.96 bits per heavy atom. The van der Waals surface area contributed by atoms with Crippen molar-refractivity contribution in [2.75, 3.05) is 35.7 Å². The van der Waals surface area contributed by atoms with E-state index < -0.39 is 11.7 Å². The van der Waals surface area contributed by atoms with Crippen LogP contribution in [0, 0.1) is 11.7 Å². The van der Waals surface area contributed by atoms with Crippen LogP contribution in [0.1, 0.15) is 23.2 Å². The molecule has 0 radical (unpaired) electrons. The van der Waals surface area contributed by atoms with E-state index in [1.54, 1.807) is 11.0 Å². The number of carbonyl (C=O) groups is 2. The maximum atomic E-state index is 13.5. The summed E-state index contributed by atoms with van der Waals surface area (Å²) in [5, 5.41) is 5.68. The van der Waals surface area contributed by atoms with E-state index >= 15 is 0 Å². The molecule has 1 fully saturated rings. The number of methoxy groups -OCH3 is 1. The van der Waals surface area contributed by atoms with Crippen LogP contribution in [0.4, 0.5) is 21.6 Å². The predicted molar refractivity (Wildman–Crippen MR) is 98.7 cm³/mol. The summed E-state index contributed by atoms with van der Waals surface area (Å²) in [4.78, 5) is 30.9. The Balaban J connectivity index is 1.58. The zero-order valence-electron chi connectivity index (χ0n) is 14.8. The third-order valence-corrected chi connectivity index (χ3v) is 4.68. The second-order valence-corrected chi connectivity index (χ2v) is 6.70. The molecule has 2 aliphatic rings. The van der Waals surface area contributed by atoms with Crippen LogP contribution in [0.15, 0.2) is 30.5 Å². The molecule has 0 spiro atoms. The molecule has 2 heterocycles. The highest BCUT2D eigenvalue weighted by Crippen LogP contribution is 2.35. The fraction of sp³-hybridized carbons (Fsp3) is 0.316. The number of amides is 2. The van der Waals surface area contributed by atoms with Crippen molar-refractivity contribution in [3.8, 4) is 5.75 Å². The van der Waals surface area contributed by atoms with Gasteiger partial charge in [-0.05, 0) is 37.0 Å². The number of rotatable bonds is 5. The minimum atomic E-state index is -0.508. The highest BCUT2D eigenvalue weighted by Gasteiger charge is 2.32. The molecule has 0 atom stereocenters. The van der Waals surface area contributed by atoms with Gasteiger partial charge >= 0.3 is 0 Å². The summed E-state index contributed by atoms with van der Waals surface area (Å²) >= 11 is 0. The van der Waals surface area contributed by atoms with Crippen molar-refractivity contribution in [2.45, 2.75) is 12.8 Å². The number of ether oxygens (including phenoxy) is 1. The standard InChI is InChI=1S/C19H19FN4O3/c1-27-16-7-13(4-5-14(16)20)23-19(26)12-6-15-18(21-8-12)22-9-17(25)24(15)10-11-2-3-11/h4-8,11H,2-3,9-10H2,1H3,(H,21,22)(H,23,26). The highest BCUT2D eigenvalue weighted by molar-refractivity contribution is 6.07. The number of hydrogen-bond acceptors (Lipinski definition) is 5. The molecule has 2 aromatic rings. The van der Waals surface area contributed by atoms with Crippen LogP contribution < -0.4 is 20.3 Å². The first kappa shape index (κ1) is 17.3. The van der Waals surface area contributed by atoms with Crippen molar-refractivity contribution in [3.63, 3.8) is 0 Å². The second kappa shape index (κ2) is 6.86. The third-order valence-electron chi connectivity index (χ3n) is 4.68. The largest absolute Gasteiger partial charge is 0.494 e. The zero-order valence-corrected chi connectivity index (χ0v) is 14.8. The van der Waals surface area contributed by atoms with Gasteiger partial charge in [-0.3, -0.25) is 9.59 Å². The van der Waals surface area contributed by atoms with Gasteiger partial charge in [-0.15, -0.1) is 0 Å². The molecule has 4 rings (SSSR count). The number of pyridine rings is 1. The van der Waals surface area contributed by atoms with Gasteiger partial charge in [0.05, 0.1) is 24.9 Å². The summed E-state index contributed by atoms with van der Waals surface area (Å²) in [5.41, 5.74) is 1.33. The summed E-state index contributed by atoms with van der Waals surface area (Å²) in [6.45, 7) is 0.850. The molecule has 140 valence electrons. The molecular weight excluding hydrogens is 351 g/mol. The number of aromatic nitrogens is 1. The van der Waals surface area contributed by atoms with Crippen LogP contribution in [0.25, 0.3) is 0 Å². The lowest BCUT2D eigenvalue weighted by Crippen LogP contribution is -2.41. The molecule has 2 amide bonds. The Labute approximate surface area is 155 Å². The molecule has 8 heteroatoms. The van der Waals surface area contributed by atoms with Gasteiger partial charge in [-0.2, -0.15) is 0 Å². The van der Waals surface area contributed by atoms with E-state index in [0.29, 0.717) is 35.2 Å². The molecule has 7 nitrogen and oxygen atoms in total. The minimum absolute atomic E-state index is 0.0305. The van der Waals surface area contributed by atoms with Gasteiger partial charge in [-0.1, -0.05) is 0 Å². The average Bonchev–Trinajstić information content (AvgIpc) is 3.49. The van der Waals surface area contributed by atoms with Crippen molar-refractivity contribution in [3.05, 3.63) is 41.8 Å². The van der Waals surface area contributed by atoms with Gasteiger partial charge in [0.25, 0.3) is 5.91 Å². The number of fused-ring (bicyclic) bond motifs is 1. The molecule has 0 bridgehead atoms. The van der Waals surface area contributed by atoms with Gasteiger partial charge in [0.1, 0.15) is 5.82 Å². The summed E-state index contributed by atoms with van der Waals surface area (Å²) < 4.78 is 18.4. The lowest BCUT2D eigenvalue weighted by molar-refractivity contribution is -0.117. The monoisotopic (exact) mass is 370 g/mol. The summed E-state index contributed by atoms with van der Waals surface area (Å²) in [6.07, 6.45) is 3.69. The van der Waals surface area contributed by atoms with Crippen LogP contribution >= 0.6 is 0 Å². The van der Waals surface area contributed by atoms with Crippen molar-refractivity contribution in [1.82, 2.24) is 4.98 Å². The van der Waals surface area contributed by atoms with E-state index in [9.17, 15) is 14.0 Å². The molecule has 27 heavy (non-hydrogen) atoms. The first-order valence-corrected chi connectivity index (χ1v) is 8.74. The molecule has 1 aliphatic heterocycles. The lowest BCUT2D eigenvalue weighted by Gasteiger charge is -2.29. The number of nitrogens with one attached hydrogen (secondary N) is 2. The fourth-order valence-electron chi connectivity index (χ4n) is 3.01. The van der Waals surface area contributed by atoms with E-state index in [0.717, 1.165) is 12.8 Å². The Hall–Kier alpha value is -3.16. The number of halogens is 1. The Morgan fingerprint density at radius 1 is 1.41 bits per heavy atom. The minimum Gasteiger partial charge on any atom is -0.494 e. The molecular formula is C19H19FN4O3. The van der Waals surface area contributed by atoms with Crippen molar-refractivity contribution >= 4 is 29.0 Å². The third kappa shape index (κ3) is 3.55. The van der Waals surface area contributed by atoms with Crippen LogP contribution in [0.5, 0.6) is 5.75 Å². The summed E-state index contributed by atoms with van der Waals surface area (Å²) in [5.74, 6) is 0.215. The molecule has 1 aliphatic carbocycles. The first-order chi connectivity index (χ1) is 13.0. The van der Waals surface area contributed by atoms with Crippen molar-refractivity contribution in [1.29, 1.82) is 0 Å². The van der Waals surface area contributed by atoms with E-state index in [2.05, 4.69) is 15.6 Å². The molecule has 1 saturated carbocycles. The van der Waals surface area contributed by atoms with Gasteiger partial charge in [0, 0.05) is 24.5 Å². The molecule has 2 N–H and O–H groups in total.